The van der Waals surface area contributed by atoms with Crippen molar-refractivity contribution in [2.24, 2.45) is 0 Å². The van der Waals surface area contributed by atoms with Crippen molar-refractivity contribution in [2.75, 3.05) is 14.2 Å². The predicted octanol–water partition coefficient (Wildman–Crippen LogP) is 4.90. The number of halogens is 2. The molecular weight excluding hydrogens is 336 g/mol. The number of ether oxygens (including phenoxy) is 2. The van der Waals surface area contributed by atoms with Gasteiger partial charge in [-0.3, -0.25) is 0 Å². The SMILES string of the molecule is COc1ccc(C(Br)c2ccc(Cl)s2)c(OC)c1. The molecule has 0 aliphatic carbocycles. The van der Waals surface area contributed by atoms with Gasteiger partial charge in [0.15, 0.2) is 0 Å². The topological polar surface area (TPSA) is 18.5 Å². The maximum absolute atomic E-state index is 5.96. The lowest BCUT2D eigenvalue weighted by molar-refractivity contribution is 0.391. The van der Waals surface area contributed by atoms with E-state index in [9.17, 15) is 0 Å². The zero-order valence-electron chi connectivity index (χ0n) is 9.94. The summed E-state index contributed by atoms with van der Waals surface area (Å²) in [4.78, 5) is 1.21. The molecule has 0 saturated carbocycles. The van der Waals surface area contributed by atoms with Crippen LogP contribution in [0.5, 0.6) is 11.5 Å². The van der Waals surface area contributed by atoms with Gasteiger partial charge in [0, 0.05) is 16.5 Å². The first-order chi connectivity index (χ1) is 8.65. The quantitative estimate of drug-likeness (QED) is 0.732. The summed E-state index contributed by atoms with van der Waals surface area (Å²) < 4.78 is 11.4. The highest BCUT2D eigenvalue weighted by Gasteiger charge is 2.17. The Hall–Kier alpha value is -0.710. The first-order valence-electron chi connectivity index (χ1n) is 5.27. The third-order valence-electron chi connectivity index (χ3n) is 2.56. The Balaban J connectivity index is 2.38. The summed E-state index contributed by atoms with van der Waals surface area (Å²) in [5.74, 6) is 1.57. The number of hydrogen-bond donors (Lipinski definition) is 0. The van der Waals surface area contributed by atoms with Gasteiger partial charge in [-0.1, -0.05) is 33.6 Å². The minimum Gasteiger partial charge on any atom is -0.497 e. The van der Waals surface area contributed by atoms with Crippen LogP contribution in [-0.2, 0) is 0 Å². The van der Waals surface area contributed by atoms with Crippen molar-refractivity contribution in [3.05, 3.63) is 45.1 Å². The average molecular weight is 348 g/mol. The van der Waals surface area contributed by atoms with E-state index in [2.05, 4.69) is 15.9 Å². The summed E-state index contributed by atoms with van der Waals surface area (Å²) in [7, 11) is 3.29. The second kappa shape index (κ2) is 5.95. The molecule has 0 radical (unpaired) electrons. The summed E-state index contributed by atoms with van der Waals surface area (Å²) >= 11 is 11.2. The van der Waals surface area contributed by atoms with Crippen LogP contribution in [0.1, 0.15) is 15.3 Å². The van der Waals surface area contributed by atoms with E-state index >= 15 is 0 Å². The molecule has 18 heavy (non-hydrogen) atoms. The van der Waals surface area contributed by atoms with Gasteiger partial charge in [0.05, 0.1) is 23.4 Å². The fraction of sp³-hybridized carbons (Fsp3) is 0.231. The molecular formula is C13H12BrClO2S. The van der Waals surface area contributed by atoms with Gasteiger partial charge in [-0.05, 0) is 18.2 Å². The molecule has 1 unspecified atom stereocenters. The molecule has 2 rings (SSSR count). The Kier molecular flexibility index (Phi) is 4.54. The molecule has 5 heteroatoms. The number of hydrogen-bond acceptors (Lipinski definition) is 3. The van der Waals surface area contributed by atoms with E-state index < -0.39 is 0 Å². The number of methoxy groups -OCH3 is 2. The normalized spacial score (nSPS) is 12.2. The van der Waals surface area contributed by atoms with E-state index in [1.54, 1.807) is 25.6 Å². The summed E-state index contributed by atoms with van der Waals surface area (Å²) in [6, 6.07) is 9.69. The monoisotopic (exact) mass is 346 g/mol. The summed E-state index contributed by atoms with van der Waals surface area (Å²) in [5.41, 5.74) is 1.05. The van der Waals surface area contributed by atoms with Crippen molar-refractivity contribution >= 4 is 38.9 Å². The van der Waals surface area contributed by atoms with Gasteiger partial charge in [-0.25, -0.2) is 0 Å². The Morgan fingerprint density at radius 1 is 1.17 bits per heavy atom. The van der Waals surface area contributed by atoms with E-state index in [-0.39, 0.29) is 4.83 Å². The lowest BCUT2D eigenvalue weighted by atomic mass is 10.1. The van der Waals surface area contributed by atoms with Crippen LogP contribution in [0.25, 0.3) is 0 Å². The van der Waals surface area contributed by atoms with Crippen LogP contribution in [0, 0.1) is 0 Å². The second-order valence-electron chi connectivity index (χ2n) is 3.61. The molecule has 1 aromatic heterocycles. The molecule has 2 nitrogen and oxygen atoms in total. The Morgan fingerprint density at radius 2 is 1.94 bits per heavy atom. The van der Waals surface area contributed by atoms with Crippen molar-refractivity contribution in [1.82, 2.24) is 0 Å². The molecule has 0 aliphatic rings. The first-order valence-corrected chi connectivity index (χ1v) is 7.38. The molecule has 0 N–H and O–H groups in total. The number of alkyl halides is 1. The predicted molar refractivity (Wildman–Crippen MR) is 79.6 cm³/mol. The maximum Gasteiger partial charge on any atom is 0.127 e. The minimum atomic E-state index is 0.0656. The smallest absolute Gasteiger partial charge is 0.127 e. The van der Waals surface area contributed by atoms with Gasteiger partial charge < -0.3 is 9.47 Å². The van der Waals surface area contributed by atoms with Gasteiger partial charge in [0.2, 0.25) is 0 Å². The minimum absolute atomic E-state index is 0.0656. The van der Waals surface area contributed by atoms with Crippen LogP contribution >= 0.6 is 38.9 Å². The van der Waals surface area contributed by atoms with Crippen LogP contribution in [0.3, 0.4) is 0 Å². The molecule has 96 valence electrons. The van der Waals surface area contributed by atoms with Gasteiger partial charge in [-0.15, -0.1) is 11.3 Å². The zero-order chi connectivity index (χ0) is 13.1. The van der Waals surface area contributed by atoms with E-state index in [0.717, 1.165) is 26.3 Å². The van der Waals surface area contributed by atoms with Gasteiger partial charge in [0.1, 0.15) is 11.5 Å². The van der Waals surface area contributed by atoms with Crippen molar-refractivity contribution in [1.29, 1.82) is 0 Å². The molecule has 0 spiro atoms. The van der Waals surface area contributed by atoms with E-state index in [0.29, 0.717) is 0 Å². The van der Waals surface area contributed by atoms with Crippen LogP contribution < -0.4 is 9.47 Å². The molecule has 0 saturated heterocycles. The highest BCUT2D eigenvalue weighted by Crippen LogP contribution is 2.41. The summed E-state index contributed by atoms with van der Waals surface area (Å²) in [6.07, 6.45) is 0. The molecule has 0 aliphatic heterocycles. The third kappa shape index (κ3) is 2.82. The second-order valence-corrected chi connectivity index (χ2v) is 6.27. The van der Waals surface area contributed by atoms with Crippen LogP contribution in [0.2, 0.25) is 4.34 Å². The Labute approximate surface area is 124 Å². The zero-order valence-corrected chi connectivity index (χ0v) is 13.1. The fourth-order valence-corrected chi connectivity index (χ4v) is 3.51. The van der Waals surface area contributed by atoms with Crippen molar-refractivity contribution in [2.45, 2.75) is 4.83 Å². The largest absolute Gasteiger partial charge is 0.497 e. The molecule has 0 fully saturated rings. The average Bonchev–Trinajstić information content (AvgIpc) is 2.83. The maximum atomic E-state index is 5.96. The number of rotatable bonds is 4. The fourth-order valence-electron chi connectivity index (χ4n) is 1.65. The van der Waals surface area contributed by atoms with Crippen LogP contribution in [-0.4, -0.2) is 14.2 Å². The Bertz CT molecular complexity index is 542. The molecule has 1 aromatic carbocycles. The van der Waals surface area contributed by atoms with Gasteiger partial charge in [0.25, 0.3) is 0 Å². The van der Waals surface area contributed by atoms with Crippen LogP contribution in [0.4, 0.5) is 0 Å². The van der Waals surface area contributed by atoms with Crippen molar-refractivity contribution in [3.63, 3.8) is 0 Å². The lowest BCUT2D eigenvalue weighted by Crippen LogP contribution is -1.96. The van der Waals surface area contributed by atoms with E-state index in [4.69, 9.17) is 21.1 Å². The summed E-state index contributed by atoms with van der Waals surface area (Å²) in [5, 5.41) is 0. The third-order valence-corrected chi connectivity index (χ3v) is 5.14. The van der Waals surface area contributed by atoms with Crippen LogP contribution in [0.15, 0.2) is 30.3 Å². The lowest BCUT2D eigenvalue weighted by Gasteiger charge is -2.14. The van der Waals surface area contributed by atoms with Crippen molar-refractivity contribution < 1.29 is 9.47 Å². The molecule has 1 heterocycles. The number of benzene rings is 1. The molecule has 1 atom stereocenters. The highest BCUT2D eigenvalue weighted by molar-refractivity contribution is 9.09. The standard InChI is InChI=1S/C13H12BrClO2S/c1-16-8-3-4-9(10(7-8)17-2)13(14)11-5-6-12(15)18-11/h3-7,13H,1-2H3. The van der Waals surface area contributed by atoms with Gasteiger partial charge >= 0.3 is 0 Å². The molecule has 0 bridgehead atoms. The number of thiophene rings is 1. The van der Waals surface area contributed by atoms with Crippen molar-refractivity contribution in [3.8, 4) is 11.5 Å². The highest BCUT2D eigenvalue weighted by atomic mass is 79.9. The molecule has 0 amide bonds. The first kappa shape index (κ1) is 13.7. The van der Waals surface area contributed by atoms with E-state index in [1.807, 2.05) is 30.3 Å². The van der Waals surface area contributed by atoms with E-state index in [1.165, 1.54) is 0 Å². The molecule has 2 aromatic rings. The summed E-state index contributed by atoms with van der Waals surface area (Å²) in [6.45, 7) is 0. The van der Waals surface area contributed by atoms with Gasteiger partial charge in [-0.2, -0.15) is 0 Å². The Morgan fingerprint density at radius 3 is 2.50 bits per heavy atom.